The first kappa shape index (κ1) is 16.6. The zero-order valence-electron chi connectivity index (χ0n) is 15.7. The summed E-state index contributed by atoms with van der Waals surface area (Å²) in [6.07, 6.45) is 11.2. The van der Waals surface area contributed by atoms with Crippen LogP contribution < -0.4 is 0 Å². The van der Waals surface area contributed by atoms with Gasteiger partial charge in [-0.2, -0.15) is 0 Å². The molecule has 5 aliphatic rings. The summed E-state index contributed by atoms with van der Waals surface area (Å²) in [4.78, 5) is 18.1. The van der Waals surface area contributed by atoms with E-state index >= 15 is 0 Å². The summed E-state index contributed by atoms with van der Waals surface area (Å²) in [6, 6.07) is 1.41. The molecule has 25 heavy (non-hydrogen) atoms. The first-order chi connectivity index (χ1) is 12.3. The van der Waals surface area contributed by atoms with Gasteiger partial charge in [0, 0.05) is 31.7 Å². The van der Waals surface area contributed by atoms with Crippen molar-refractivity contribution in [1.82, 2.24) is 9.80 Å². The smallest absolute Gasteiger partial charge is 0.324 e. The van der Waals surface area contributed by atoms with E-state index in [4.69, 9.17) is 4.74 Å². The third-order valence-electron chi connectivity index (χ3n) is 7.24. The predicted molar refractivity (Wildman–Crippen MR) is 97.2 cm³/mol. The minimum Gasteiger partial charge on any atom is -0.465 e. The Hall–Kier alpha value is -0.610. The molecule has 1 heterocycles. The molecule has 4 saturated carbocycles. The maximum Gasteiger partial charge on any atom is 0.324 e. The minimum atomic E-state index is -0.0140. The van der Waals surface area contributed by atoms with Crippen molar-refractivity contribution in [1.29, 1.82) is 0 Å². The van der Waals surface area contributed by atoms with Gasteiger partial charge in [0.25, 0.3) is 0 Å². The number of piperazine rings is 1. The zero-order valence-corrected chi connectivity index (χ0v) is 15.7. The summed E-state index contributed by atoms with van der Waals surface area (Å²) in [7, 11) is 0. The van der Waals surface area contributed by atoms with Crippen LogP contribution in [-0.4, -0.2) is 60.1 Å². The summed E-state index contributed by atoms with van der Waals surface area (Å²) in [6.45, 7) is 5.63. The molecule has 0 radical (unpaired) electrons. The highest BCUT2D eigenvalue weighted by atomic mass is 16.5. The second-order valence-corrected chi connectivity index (χ2v) is 9.33. The number of rotatable bonds is 8. The zero-order chi connectivity index (χ0) is 17.0. The summed E-state index contributed by atoms with van der Waals surface area (Å²) in [5.41, 5.74) is 0. The van der Waals surface area contributed by atoms with E-state index in [1.54, 1.807) is 0 Å². The Bertz CT molecular complexity index is 484. The molecule has 1 atom stereocenters. The van der Waals surface area contributed by atoms with E-state index in [2.05, 4.69) is 9.80 Å². The molecule has 5 rings (SSSR count). The van der Waals surface area contributed by atoms with Crippen molar-refractivity contribution >= 4 is 5.97 Å². The molecule has 0 spiro atoms. The van der Waals surface area contributed by atoms with Crippen LogP contribution in [0.5, 0.6) is 0 Å². The fourth-order valence-electron chi connectivity index (χ4n) is 5.55. The SMILES string of the molecule is CCOC(=O)C1CN(C(C2CC2)C2CC2)CCN1C(C1CC1)C1CC1. The average Bonchev–Trinajstić information content (AvgIpc) is 3.47. The standard InChI is InChI=1S/C21H34N2O2/c1-2-25-21(24)18-13-22(19(14-3-4-14)15-5-6-15)11-12-23(18)20(16-7-8-16)17-9-10-17/h14-20H,2-13H2,1H3. The van der Waals surface area contributed by atoms with Crippen molar-refractivity contribution in [3.8, 4) is 0 Å². The number of esters is 1. The number of carbonyl (C=O) groups excluding carboxylic acids is 1. The van der Waals surface area contributed by atoms with E-state index in [1.807, 2.05) is 6.92 Å². The number of hydrogen-bond donors (Lipinski definition) is 0. The quantitative estimate of drug-likeness (QED) is 0.633. The molecule has 0 bridgehead atoms. The largest absolute Gasteiger partial charge is 0.465 e. The number of carbonyl (C=O) groups is 1. The van der Waals surface area contributed by atoms with Crippen molar-refractivity contribution < 1.29 is 9.53 Å². The lowest BCUT2D eigenvalue weighted by atomic mass is 9.97. The fraction of sp³-hybridized carbons (Fsp3) is 0.952. The Morgan fingerprint density at radius 1 is 0.880 bits per heavy atom. The van der Waals surface area contributed by atoms with Crippen molar-refractivity contribution in [2.45, 2.75) is 76.4 Å². The van der Waals surface area contributed by atoms with Gasteiger partial charge in [0.2, 0.25) is 0 Å². The third kappa shape index (κ3) is 3.49. The van der Waals surface area contributed by atoms with Gasteiger partial charge in [0.1, 0.15) is 6.04 Å². The third-order valence-corrected chi connectivity index (χ3v) is 7.24. The van der Waals surface area contributed by atoms with Crippen LogP contribution in [0.2, 0.25) is 0 Å². The van der Waals surface area contributed by atoms with Gasteiger partial charge in [-0.05, 0) is 82.0 Å². The van der Waals surface area contributed by atoms with Crippen LogP contribution in [0.15, 0.2) is 0 Å². The van der Waals surface area contributed by atoms with E-state index < -0.39 is 0 Å². The van der Waals surface area contributed by atoms with E-state index in [0.717, 1.165) is 42.8 Å². The molecule has 0 aromatic rings. The molecule has 1 unspecified atom stereocenters. The first-order valence-corrected chi connectivity index (χ1v) is 10.9. The van der Waals surface area contributed by atoms with Gasteiger partial charge in [-0.25, -0.2) is 0 Å². The lowest BCUT2D eigenvalue weighted by molar-refractivity contribution is -0.155. The molecule has 140 valence electrons. The number of nitrogens with zero attached hydrogens (tertiary/aromatic N) is 2. The van der Waals surface area contributed by atoms with Crippen molar-refractivity contribution in [3.05, 3.63) is 0 Å². The molecular formula is C21H34N2O2. The topological polar surface area (TPSA) is 32.8 Å². The van der Waals surface area contributed by atoms with Crippen molar-refractivity contribution in [2.24, 2.45) is 23.7 Å². The van der Waals surface area contributed by atoms with E-state index in [9.17, 15) is 4.79 Å². The molecule has 4 heteroatoms. The van der Waals surface area contributed by atoms with Crippen LogP contribution in [0.1, 0.15) is 58.3 Å². The molecule has 5 fully saturated rings. The molecular weight excluding hydrogens is 312 g/mol. The average molecular weight is 347 g/mol. The molecule has 0 aromatic carbocycles. The van der Waals surface area contributed by atoms with Gasteiger partial charge in [0.15, 0.2) is 0 Å². The highest BCUT2D eigenvalue weighted by Gasteiger charge is 2.52. The highest BCUT2D eigenvalue weighted by Crippen LogP contribution is 2.50. The monoisotopic (exact) mass is 346 g/mol. The van der Waals surface area contributed by atoms with Gasteiger partial charge in [-0.3, -0.25) is 14.6 Å². The van der Waals surface area contributed by atoms with Crippen LogP contribution >= 0.6 is 0 Å². The second-order valence-electron chi connectivity index (χ2n) is 9.33. The van der Waals surface area contributed by atoms with Crippen molar-refractivity contribution in [2.75, 3.05) is 26.2 Å². The molecule has 0 aromatic heterocycles. The van der Waals surface area contributed by atoms with Crippen LogP contribution in [0.25, 0.3) is 0 Å². The van der Waals surface area contributed by atoms with Gasteiger partial charge in [-0.1, -0.05) is 0 Å². The van der Waals surface area contributed by atoms with Crippen molar-refractivity contribution in [3.63, 3.8) is 0 Å². The van der Waals surface area contributed by atoms with E-state index in [-0.39, 0.29) is 12.0 Å². The molecule has 0 N–H and O–H groups in total. The van der Waals surface area contributed by atoms with Gasteiger partial charge in [0.05, 0.1) is 6.61 Å². The first-order valence-electron chi connectivity index (χ1n) is 10.9. The normalized spacial score (nSPS) is 31.7. The molecule has 4 aliphatic carbocycles. The van der Waals surface area contributed by atoms with Crippen LogP contribution in [-0.2, 0) is 9.53 Å². The second kappa shape index (κ2) is 6.53. The fourth-order valence-corrected chi connectivity index (χ4v) is 5.55. The van der Waals surface area contributed by atoms with Gasteiger partial charge < -0.3 is 4.74 Å². The Labute approximate surface area is 152 Å². The number of hydrogen-bond acceptors (Lipinski definition) is 4. The summed E-state index contributed by atoms with van der Waals surface area (Å²) in [5.74, 6) is 3.61. The molecule has 4 nitrogen and oxygen atoms in total. The molecule has 0 amide bonds. The van der Waals surface area contributed by atoms with Crippen LogP contribution in [0, 0.1) is 23.7 Å². The highest BCUT2D eigenvalue weighted by molar-refractivity contribution is 5.76. The van der Waals surface area contributed by atoms with Crippen LogP contribution in [0.3, 0.4) is 0 Å². The van der Waals surface area contributed by atoms with Gasteiger partial charge >= 0.3 is 5.97 Å². The summed E-state index contributed by atoms with van der Waals surface area (Å²) < 4.78 is 5.54. The Balaban J connectivity index is 1.34. The minimum absolute atomic E-state index is 0.0140. The van der Waals surface area contributed by atoms with Gasteiger partial charge in [-0.15, -0.1) is 0 Å². The van der Waals surface area contributed by atoms with E-state index in [1.165, 1.54) is 57.9 Å². The Morgan fingerprint density at radius 3 is 1.88 bits per heavy atom. The molecule has 1 aliphatic heterocycles. The summed E-state index contributed by atoms with van der Waals surface area (Å²) >= 11 is 0. The maximum absolute atomic E-state index is 12.8. The maximum atomic E-state index is 12.8. The summed E-state index contributed by atoms with van der Waals surface area (Å²) in [5, 5.41) is 0. The lowest BCUT2D eigenvalue weighted by Gasteiger charge is -2.47. The predicted octanol–water partition coefficient (Wildman–Crippen LogP) is 2.91. The Kier molecular flexibility index (Phi) is 4.32. The molecule has 1 saturated heterocycles. The lowest BCUT2D eigenvalue weighted by Crippen LogP contribution is -2.62. The Morgan fingerprint density at radius 2 is 1.40 bits per heavy atom. The number of ether oxygens (including phenoxy) is 1. The van der Waals surface area contributed by atoms with E-state index in [0.29, 0.717) is 12.6 Å². The van der Waals surface area contributed by atoms with Crippen LogP contribution in [0.4, 0.5) is 0 Å².